The normalized spacial score (nSPS) is 11.8. The second kappa shape index (κ2) is 53.4. The first-order valence-electron chi connectivity index (χ1n) is 29.1. The van der Waals surface area contributed by atoms with Gasteiger partial charge >= 0.3 is 60.5 Å². The summed E-state index contributed by atoms with van der Waals surface area (Å²) in [7, 11) is 0. The first kappa shape index (κ1) is 90.1. The van der Waals surface area contributed by atoms with Crippen LogP contribution in [0.15, 0.2) is 37.5 Å². The smallest absolute Gasteiger partial charge is 0.359 e. The highest BCUT2D eigenvalue weighted by atomic mass is 16.6. The summed E-state index contributed by atoms with van der Waals surface area (Å²) >= 11 is 0. The van der Waals surface area contributed by atoms with Gasteiger partial charge in [0, 0.05) is 31.1 Å². The lowest BCUT2D eigenvalue weighted by molar-refractivity contribution is -0.158. The predicted molar refractivity (Wildman–Crippen MR) is 328 cm³/mol. The second-order valence-corrected chi connectivity index (χ2v) is 22.0. The Morgan fingerprint density at radius 1 is 0.477 bits per heavy atom. The number of hydrogen-bond acceptors (Lipinski definition) is 19. The third-order valence-electron chi connectivity index (χ3n) is 12.7. The molecule has 0 radical (unpaired) electrons. The highest BCUT2D eigenvalue weighted by Gasteiger charge is 2.30. The Morgan fingerprint density at radius 3 is 1.21 bits per heavy atom. The van der Waals surface area contributed by atoms with Gasteiger partial charge in [-0.2, -0.15) is 0 Å². The van der Waals surface area contributed by atoms with E-state index in [9.17, 15) is 48.3 Å². The van der Waals surface area contributed by atoms with E-state index in [4.69, 9.17) is 48.1 Å². The van der Waals surface area contributed by atoms with E-state index in [1.54, 1.807) is 34.6 Å². The van der Waals surface area contributed by atoms with Crippen LogP contribution in [0.4, 0.5) is 0 Å². The number of carbonyl (C=O) groups excluding carboxylic acids is 9. The molecule has 0 aromatic heterocycles. The molecule has 0 spiro atoms. The van der Waals surface area contributed by atoms with Crippen molar-refractivity contribution in [3.63, 3.8) is 0 Å². The fourth-order valence-corrected chi connectivity index (χ4v) is 4.31. The van der Waals surface area contributed by atoms with Gasteiger partial charge in [0.05, 0.1) is 40.1 Å². The molecule has 22 heteroatoms. The van der Waals surface area contributed by atoms with Crippen molar-refractivity contribution in [2.24, 2.45) is 33.5 Å². The van der Waals surface area contributed by atoms with Gasteiger partial charge in [0.15, 0.2) is 6.61 Å². The molecule has 4 unspecified atom stereocenters. The molecular weight excluding hydrogens is 1110 g/mol. The van der Waals surface area contributed by atoms with Crippen molar-refractivity contribution in [1.29, 1.82) is 0 Å². The van der Waals surface area contributed by atoms with Gasteiger partial charge in [-0.05, 0) is 120 Å². The van der Waals surface area contributed by atoms with E-state index in [-0.39, 0.29) is 118 Å². The van der Waals surface area contributed by atoms with Crippen LogP contribution in [0.3, 0.4) is 0 Å². The van der Waals surface area contributed by atoms with Crippen molar-refractivity contribution in [2.75, 3.05) is 66.1 Å². The van der Waals surface area contributed by atoms with Crippen LogP contribution >= 0.6 is 0 Å². The topological polar surface area (TPSA) is 270 Å². The number of carbonyl (C=O) groups is 9. The Kier molecular flexibility index (Phi) is 55.9. The number of hydrogen-bond donors (Lipinski definition) is 1. The Bertz CT molecular complexity index is 2150. The third-order valence-corrected chi connectivity index (χ3v) is 12.7. The van der Waals surface area contributed by atoms with Gasteiger partial charge in [-0.15, -0.1) is 0 Å². The molecule has 0 heterocycles. The van der Waals surface area contributed by atoms with Gasteiger partial charge in [0.2, 0.25) is 6.54 Å². The molecule has 22 nitrogen and oxygen atoms in total. The fourth-order valence-electron chi connectivity index (χ4n) is 4.31. The largest absolute Gasteiger partial charge is 0.465 e. The summed E-state index contributed by atoms with van der Waals surface area (Å²) in [6.07, 6.45) is 9.48. The molecule has 0 rings (SSSR count). The lowest BCUT2D eigenvalue weighted by Gasteiger charge is -2.20. The summed E-state index contributed by atoms with van der Waals surface area (Å²) < 4.78 is 43.5. The zero-order valence-corrected chi connectivity index (χ0v) is 55.4. The van der Waals surface area contributed by atoms with Gasteiger partial charge in [-0.3, -0.25) is 33.6 Å². The zero-order chi connectivity index (χ0) is 68.1. The van der Waals surface area contributed by atoms with E-state index in [1.807, 2.05) is 83.1 Å². The molecule has 0 bridgehead atoms. The average Bonchev–Trinajstić information content (AvgIpc) is 3.54. The molecular formula is C64H107N3O19. The minimum Gasteiger partial charge on any atom is -0.465 e. The SMILES string of the molecule is C=C(C)C(=O)OCC(O)COC(=O)C(C)CC.C=CC(=O)OCCOC(=O)C(C)(C)CC.C=CC(=O)OCCOC(=O)C(C)CC.[C-]#[N+]C(C)COC(=O)C(C)(C)CC.[C-]#[N+]CCCCCCOC(=O)C(C)(C)CC.[C-]#[N+]COC(=O)C(C)(C)CC. The van der Waals surface area contributed by atoms with E-state index in [1.165, 1.54) is 6.92 Å². The van der Waals surface area contributed by atoms with Gasteiger partial charge in [-0.25, -0.2) is 34.1 Å². The molecule has 0 aliphatic rings. The molecule has 0 saturated heterocycles. The van der Waals surface area contributed by atoms with Gasteiger partial charge in [0.25, 0.3) is 6.04 Å². The van der Waals surface area contributed by atoms with Gasteiger partial charge in [-0.1, -0.05) is 75.1 Å². The highest BCUT2D eigenvalue weighted by molar-refractivity contribution is 5.87. The molecule has 1 N–H and O–H groups in total. The molecule has 0 aliphatic carbocycles. The minimum atomic E-state index is -1.01. The van der Waals surface area contributed by atoms with Crippen LogP contribution in [0.2, 0.25) is 0 Å². The molecule has 0 aromatic carbocycles. The van der Waals surface area contributed by atoms with Crippen LogP contribution in [0, 0.1) is 53.2 Å². The van der Waals surface area contributed by atoms with E-state index in [0.717, 1.165) is 63.5 Å². The molecule has 492 valence electrons. The summed E-state index contributed by atoms with van der Waals surface area (Å²) in [6, 6.07) is -0.239. The number of aliphatic hydroxyl groups is 1. The summed E-state index contributed by atoms with van der Waals surface area (Å²) in [6.45, 7) is 63.8. The second-order valence-electron chi connectivity index (χ2n) is 22.0. The summed E-state index contributed by atoms with van der Waals surface area (Å²) in [5, 5.41) is 9.40. The van der Waals surface area contributed by atoms with Crippen molar-refractivity contribution in [2.45, 2.75) is 201 Å². The molecule has 0 fully saturated rings. The Balaban J connectivity index is -0.000000224. The predicted octanol–water partition coefficient (Wildman–Crippen LogP) is 11.6. The highest BCUT2D eigenvalue weighted by Crippen LogP contribution is 2.24. The van der Waals surface area contributed by atoms with Crippen LogP contribution in [0.25, 0.3) is 14.5 Å². The number of esters is 9. The fraction of sp³-hybridized carbons (Fsp3) is 0.719. The van der Waals surface area contributed by atoms with Gasteiger partial charge < -0.3 is 57.4 Å². The lowest BCUT2D eigenvalue weighted by Crippen LogP contribution is -2.27. The molecule has 0 aromatic rings. The Labute approximate surface area is 515 Å². The molecule has 4 atom stereocenters. The zero-order valence-electron chi connectivity index (χ0n) is 55.4. The maximum absolute atomic E-state index is 11.6. The van der Waals surface area contributed by atoms with Crippen LogP contribution in [-0.4, -0.2) is 137 Å². The Morgan fingerprint density at radius 2 is 0.837 bits per heavy atom. The van der Waals surface area contributed by atoms with E-state index < -0.39 is 40.3 Å². The molecule has 0 saturated carbocycles. The maximum Gasteiger partial charge on any atom is 0.359 e. The van der Waals surface area contributed by atoms with Crippen molar-refractivity contribution in [1.82, 2.24) is 0 Å². The summed E-state index contributed by atoms with van der Waals surface area (Å²) in [4.78, 5) is 110. The first-order valence-corrected chi connectivity index (χ1v) is 29.1. The average molecular weight is 1220 g/mol. The number of nitrogens with zero attached hydrogens (tertiary/aromatic N) is 3. The van der Waals surface area contributed by atoms with E-state index in [0.29, 0.717) is 26.0 Å². The van der Waals surface area contributed by atoms with Crippen LogP contribution in [0.5, 0.6) is 0 Å². The first-order chi connectivity index (χ1) is 39.9. The summed E-state index contributed by atoms with van der Waals surface area (Å²) in [5.74, 6) is -3.41. The monoisotopic (exact) mass is 1220 g/mol. The molecule has 0 amide bonds. The number of aliphatic hydroxyl groups excluding tert-OH is 1. The van der Waals surface area contributed by atoms with Crippen LogP contribution in [0.1, 0.15) is 189 Å². The van der Waals surface area contributed by atoms with Crippen molar-refractivity contribution in [3.05, 3.63) is 71.7 Å². The van der Waals surface area contributed by atoms with Crippen molar-refractivity contribution < 1.29 is 90.9 Å². The standard InChI is InChI=1S/C13H23NO2.C12H20O5.C11H18O4.C10H17NO2.C10H16O4.C8H13NO2/c1-5-13(2,3)12(15)16-11-9-7-6-8-10-14-4;1-5-9(4)12(15)17-7-10(13)6-16-11(14)8(2)3;1-5-9(12)14-7-8-15-10(13)11(3,4)6-2;1-6-10(3,4)9(12)13-7-8(2)11-5;1-4-8(3)10(12)14-7-6-13-9(11)5-2;1-5-8(2,3)7(10)11-6-9-4/h5-11H2,1-3H3;9-10,13H,2,5-7H2,1,3-4H3;5H,1,6-8H2,2-4H3;8H,6-7H2,1-4H3;5,8H,2,4,6-7H2,1,3H3;5-6H2,1-3H3. The molecule has 86 heavy (non-hydrogen) atoms. The minimum absolute atomic E-state index is 0.0659. The van der Waals surface area contributed by atoms with E-state index in [2.05, 4.69) is 48.5 Å². The number of unbranched alkanes of at least 4 members (excludes halogenated alkanes) is 3. The summed E-state index contributed by atoms with van der Waals surface area (Å²) in [5.41, 5.74) is -1.47. The third kappa shape index (κ3) is 51.3. The van der Waals surface area contributed by atoms with E-state index >= 15 is 0 Å². The van der Waals surface area contributed by atoms with Crippen molar-refractivity contribution in [3.8, 4) is 0 Å². The number of rotatable bonds is 34. The van der Waals surface area contributed by atoms with Crippen molar-refractivity contribution >= 4 is 53.7 Å². The van der Waals surface area contributed by atoms with Crippen LogP contribution < -0.4 is 0 Å². The Hall–Kier alpha value is -7.12. The maximum atomic E-state index is 11.6. The number of ether oxygens (including phenoxy) is 9. The van der Waals surface area contributed by atoms with Gasteiger partial charge in [0.1, 0.15) is 45.7 Å². The molecule has 0 aliphatic heterocycles. The van der Waals surface area contributed by atoms with Crippen LogP contribution in [-0.2, 0) is 85.8 Å². The quantitative estimate of drug-likeness (QED) is 0.0206. The lowest BCUT2D eigenvalue weighted by atomic mass is 9.91.